The van der Waals surface area contributed by atoms with E-state index < -0.39 is 9.85 Å². The number of hydrogen-bond donors (Lipinski definition) is 0. The zero-order chi connectivity index (χ0) is 17.9. The molecule has 0 spiro atoms. The van der Waals surface area contributed by atoms with Crippen molar-refractivity contribution >= 4 is 22.7 Å². The van der Waals surface area contributed by atoms with E-state index in [2.05, 4.69) is 0 Å². The Morgan fingerprint density at radius 3 is 2.25 bits per heavy atom. The zero-order valence-electron chi connectivity index (χ0n) is 13.7. The standard InChI is InChI=1S/C16H18N4O4/c1-17(2)13-6-4-5-12(9-13)11-18(3)15-8-7-14(19(21)22)10-16(15)20(23)24/h4-10H,11H2,1-3H3. The van der Waals surface area contributed by atoms with Gasteiger partial charge in [-0.15, -0.1) is 0 Å². The quantitative estimate of drug-likeness (QED) is 0.596. The monoisotopic (exact) mass is 330 g/mol. The van der Waals surface area contributed by atoms with E-state index in [1.165, 1.54) is 12.1 Å². The summed E-state index contributed by atoms with van der Waals surface area (Å²) < 4.78 is 0. The van der Waals surface area contributed by atoms with Gasteiger partial charge in [-0.2, -0.15) is 0 Å². The summed E-state index contributed by atoms with van der Waals surface area (Å²) in [7, 11) is 5.59. The first-order chi connectivity index (χ1) is 11.3. The number of hydrogen-bond acceptors (Lipinski definition) is 6. The van der Waals surface area contributed by atoms with Gasteiger partial charge in [0.2, 0.25) is 0 Å². The fraction of sp³-hybridized carbons (Fsp3) is 0.250. The van der Waals surface area contributed by atoms with Crippen LogP contribution in [-0.4, -0.2) is 31.0 Å². The Bertz CT molecular complexity index is 776. The summed E-state index contributed by atoms with van der Waals surface area (Å²) in [5.74, 6) is 0. The van der Waals surface area contributed by atoms with E-state index in [-0.39, 0.29) is 11.4 Å². The van der Waals surface area contributed by atoms with Crippen molar-refractivity contribution in [1.29, 1.82) is 0 Å². The summed E-state index contributed by atoms with van der Waals surface area (Å²) in [6, 6.07) is 11.5. The molecule has 8 heteroatoms. The van der Waals surface area contributed by atoms with Gasteiger partial charge in [-0.05, 0) is 23.8 Å². The van der Waals surface area contributed by atoms with Gasteiger partial charge in [-0.1, -0.05) is 12.1 Å². The predicted octanol–water partition coefficient (Wildman–Crippen LogP) is 3.21. The average molecular weight is 330 g/mol. The molecule has 0 aliphatic heterocycles. The molecule has 2 aromatic rings. The smallest absolute Gasteiger partial charge is 0.299 e. The molecule has 8 nitrogen and oxygen atoms in total. The van der Waals surface area contributed by atoms with Crippen molar-refractivity contribution in [3.05, 3.63) is 68.3 Å². The molecule has 126 valence electrons. The lowest BCUT2D eigenvalue weighted by molar-refractivity contribution is -0.393. The van der Waals surface area contributed by atoms with Crippen molar-refractivity contribution in [2.75, 3.05) is 30.9 Å². The van der Waals surface area contributed by atoms with E-state index in [9.17, 15) is 20.2 Å². The molecule has 0 amide bonds. The van der Waals surface area contributed by atoms with Gasteiger partial charge < -0.3 is 9.80 Å². The first-order valence-corrected chi connectivity index (χ1v) is 7.20. The number of anilines is 2. The van der Waals surface area contributed by atoms with E-state index >= 15 is 0 Å². The van der Waals surface area contributed by atoms with Crippen molar-refractivity contribution < 1.29 is 9.85 Å². The lowest BCUT2D eigenvalue weighted by Crippen LogP contribution is -2.18. The normalized spacial score (nSPS) is 10.3. The maximum absolute atomic E-state index is 11.2. The van der Waals surface area contributed by atoms with Crippen LogP contribution in [0.3, 0.4) is 0 Å². The van der Waals surface area contributed by atoms with Crippen molar-refractivity contribution in [2.24, 2.45) is 0 Å². The van der Waals surface area contributed by atoms with Crippen LogP contribution in [-0.2, 0) is 6.54 Å². The maximum atomic E-state index is 11.2. The van der Waals surface area contributed by atoms with E-state index in [1.54, 1.807) is 11.9 Å². The van der Waals surface area contributed by atoms with Crippen LogP contribution >= 0.6 is 0 Å². The van der Waals surface area contributed by atoms with Crippen LogP contribution in [0.4, 0.5) is 22.7 Å². The molecule has 0 fully saturated rings. The fourth-order valence-corrected chi connectivity index (χ4v) is 2.39. The highest BCUT2D eigenvalue weighted by Gasteiger charge is 2.22. The van der Waals surface area contributed by atoms with Crippen LogP contribution < -0.4 is 9.80 Å². The van der Waals surface area contributed by atoms with Crippen LogP contribution in [0, 0.1) is 20.2 Å². The number of non-ortho nitro benzene ring substituents is 1. The third-order valence-corrected chi connectivity index (χ3v) is 3.62. The Morgan fingerprint density at radius 2 is 1.67 bits per heavy atom. The number of nitro benzene ring substituents is 2. The van der Waals surface area contributed by atoms with E-state index in [0.717, 1.165) is 17.3 Å². The number of benzene rings is 2. The second-order valence-corrected chi connectivity index (χ2v) is 5.61. The third-order valence-electron chi connectivity index (χ3n) is 3.62. The molecule has 0 unspecified atom stereocenters. The van der Waals surface area contributed by atoms with Crippen LogP contribution in [0.5, 0.6) is 0 Å². The van der Waals surface area contributed by atoms with Gasteiger partial charge in [-0.3, -0.25) is 20.2 Å². The molecule has 0 saturated heterocycles. The Balaban J connectivity index is 2.32. The molecule has 2 aromatic carbocycles. The molecule has 0 N–H and O–H groups in total. The number of nitrogens with zero attached hydrogens (tertiary/aromatic N) is 4. The Hall–Kier alpha value is -3.16. The molecule has 0 bridgehead atoms. The highest BCUT2D eigenvalue weighted by atomic mass is 16.6. The van der Waals surface area contributed by atoms with Crippen LogP contribution in [0.2, 0.25) is 0 Å². The Labute approximate surface area is 139 Å². The summed E-state index contributed by atoms with van der Waals surface area (Å²) in [4.78, 5) is 24.5. The van der Waals surface area contributed by atoms with Gasteiger partial charge in [0.25, 0.3) is 11.4 Å². The molecular weight excluding hydrogens is 312 g/mol. The molecular formula is C16H18N4O4. The van der Waals surface area contributed by atoms with Gasteiger partial charge in [-0.25, -0.2) is 0 Å². The molecule has 0 heterocycles. The molecule has 0 aliphatic rings. The van der Waals surface area contributed by atoms with Gasteiger partial charge in [0.05, 0.1) is 15.9 Å². The second kappa shape index (κ2) is 6.95. The predicted molar refractivity (Wildman–Crippen MR) is 92.6 cm³/mol. The third kappa shape index (κ3) is 3.78. The largest absolute Gasteiger partial charge is 0.378 e. The minimum absolute atomic E-state index is 0.282. The van der Waals surface area contributed by atoms with Crippen molar-refractivity contribution in [3.63, 3.8) is 0 Å². The zero-order valence-corrected chi connectivity index (χ0v) is 13.7. The molecule has 0 radical (unpaired) electrons. The van der Waals surface area contributed by atoms with Crippen LogP contribution in [0.1, 0.15) is 5.56 Å². The lowest BCUT2D eigenvalue weighted by Gasteiger charge is -2.20. The molecule has 24 heavy (non-hydrogen) atoms. The lowest BCUT2D eigenvalue weighted by atomic mass is 10.1. The first-order valence-electron chi connectivity index (χ1n) is 7.20. The highest BCUT2D eigenvalue weighted by molar-refractivity contribution is 5.66. The second-order valence-electron chi connectivity index (χ2n) is 5.61. The topological polar surface area (TPSA) is 92.8 Å². The van der Waals surface area contributed by atoms with Crippen molar-refractivity contribution in [3.8, 4) is 0 Å². The number of rotatable bonds is 6. The van der Waals surface area contributed by atoms with Crippen LogP contribution in [0.15, 0.2) is 42.5 Å². The molecule has 0 aliphatic carbocycles. The maximum Gasteiger partial charge on any atom is 0.299 e. The average Bonchev–Trinajstić information content (AvgIpc) is 2.54. The van der Waals surface area contributed by atoms with E-state index in [4.69, 9.17) is 0 Å². The fourth-order valence-electron chi connectivity index (χ4n) is 2.39. The van der Waals surface area contributed by atoms with E-state index in [0.29, 0.717) is 12.2 Å². The first kappa shape index (κ1) is 17.2. The van der Waals surface area contributed by atoms with Crippen molar-refractivity contribution in [1.82, 2.24) is 0 Å². The Kier molecular flexibility index (Phi) is 4.98. The summed E-state index contributed by atoms with van der Waals surface area (Å²) >= 11 is 0. The molecule has 0 aromatic heterocycles. The summed E-state index contributed by atoms with van der Waals surface area (Å²) in [6.07, 6.45) is 0. The van der Waals surface area contributed by atoms with E-state index in [1.807, 2.05) is 43.3 Å². The van der Waals surface area contributed by atoms with Gasteiger partial charge in [0, 0.05) is 39.4 Å². The highest BCUT2D eigenvalue weighted by Crippen LogP contribution is 2.32. The van der Waals surface area contributed by atoms with Gasteiger partial charge in [0.1, 0.15) is 5.69 Å². The minimum Gasteiger partial charge on any atom is -0.378 e. The molecule has 0 saturated carbocycles. The van der Waals surface area contributed by atoms with Crippen molar-refractivity contribution in [2.45, 2.75) is 6.54 Å². The van der Waals surface area contributed by atoms with Crippen LogP contribution in [0.25, 0.3) is 0 Å². The summed E-state index contributed by atoms with van der Waals surface area (Å²) in [5, 5.41) is 22.1. The molecule has 0 atom stereocenters. The van der Waals surface area contributed by atoms with Gasteiger partial charge >= 0.3 is 0 Å². The molecule has 2 rings (SSSR count). The summed E-state index contributed by atoms with van der Waals surface area (Å²) in [6.45, 7) is 0.445. The number of nitro groups is 2. The minimum atomic E-state index is -0.642. The summed E-state index contributed by atoms with van der Waals surface area (Å²) in [5.41, 5.74) is 1.76. The Morgan fingerprint density at radius 1 is 0.958 bits per heavy atom. The van der Waals surface area contributed by atoms with Gasteiger partial charge in [0.15, 0.2) is 0 Å². The SMILES string of the molecule is CN(C)c1cccc(CN(C)c2ccc([N+](=O)[O-])cc2[N+](=O)[O-])c1.